The van der Waals surface area contributed by atoms with Gasteiger partial charge in [-0.3, -0.25) is 0 Å². The molecule has 1 saturated heterocycles. The van der Waals surface area contributed by atoms with E-state index in [0.29, 0.717) is 24.6 Å². The molecular weight excluding hydrogens is 186 g/mol. The monoisotopic (exact) mass is 203 g/mol. The van der Waals surface area contributed by atoms with Crippen LogP contribution in [0.4, 0.5) is 0 Å². The Bertz CT molecular complexity index is 279. The number of hydrogen-bond donors (Lipinski definition) is 0. The number of rotatable bonds is 2. The Morgan fingerprint density at radius 1 is 1.38 bits per heavy atom. The second kappa shape index (κ2) is 4.13. The average Bonchev–Trinajstić information content (AvgIpc) is 2.09. The normalized spacial score (nSPS) is 23.2. The second-order valence-corrected chi connectivity index (χ2v) is 5.58. The molecule has 1 heterocycles. The van der Waals surface area contributed by atoms with Crippen molar-refractivity contribution in [1.82, 2.24) is 4.90 Å². The van der Waals surface area contributed by atoms with Crippen LogP contribution in [0.2, 0.25) is 0 Å². The van der Waals surface area contributed by atoms with Crippen molar-refractivity contribution in [2.45, 2.75) is 20.3 Å². The molecule has 0 saturated carbocycles. The van der Waals surface area contributed by atoms with Crippen LogP contribution in [0.5, 0.6) is 0 Å². The highest BCUT2D eigenvalue weighted by Gasteiger charge is 2.21. The van der Waals surface area contributed by atoms with Gasteiger partial charge < -0.3 is 4.90 Å². The van der Waals surface area contributed by atoms with Gasteiger partial charge in [-0.25, -0.2) is 8.42 Å². The maximum absolute atomic E-state index is 11.1. The topological polar surface area (TPSA) is 37.4 Å². The molecule has 0 aliphatic carbocycles. The SMILES string of the molecule is CC=C(CC)N1CCS(=O)(=O)CC1. The lowest BCUT2D eigenvalue weighted by molar-refractivity contribution is 0.359. The van der Waals surface area contributed by atoms with Gasteiger partial charge in [0, 0.05) is 18.8 Å². The maximum Gasteiger partial charge on any atom is 0.153 e. The fourth-order valence-corrected chi connectivity index (χ4v) is 2.81. The fraction of sp³-hybridized carbons (Fsp3) is 0.778. The van der Waals surface area contributed by atoms with Crippen LogP contribution in [0.3, 0.4) is 0 Å². The predicted octanol–water partition coefficient (Wildman–Crippen LogP) is 1.03. The minimum atomic E-state index is -2.73. The van der Waals surface area contributed by atoms with Crippen LogP contribution in [0.25, 0.3) is 0 Å². The summed E-state index contributed by atoms with van der Waals surface area (Å²) in [7, 11) is -2.73. The molecule has 4 heteroatoms. The first-order valence-corrected chi connectivity index (χ1v) is 6.51. The predicted molar refractivity (Wildman–Crippen MR) is 54.3 cm³/mol. The van der Waals surface area contributed by atoms with E-state index in [-0.39, 0.29) is 0 Å². The molecule has 0 radical (unpaired) electrons. The van der Waals surface area contributed by atoms with Crippen molar-refractivity contribution in [3.63, 3.8) is 0 Å². The van der Waals surface area contributed by atoms with Crippen molar-refractivity contribution in [3.8, 4) is 0 Å². The molecule has 13 heavy (non-hydrogen) atoms. The van der Waals surface area contributed by atoms with Gasteiger partial charge in [-0.05, 0) is 13.3 Å². The van der Waals surface area contributed by atoms with E-state index < -0.39 is 9.84 Å². The Labute approximate surface area is 80.3 Å². The molecule has 0 unspecified atom stereocenters. The van der Waals surface area contributed by atoms with Gasteiger partial charge in [-0.2, -0.15) is 0 Å². The maximum atomic E-state index is 11.1. The molecule has 3 nitrogen and oxygen atoms in total. The highest BCUT2D eigenvalue weighted by molar-refractivity contribution is 7.91. The highest BCUT2D eigenvalue weighted by atomic mass is 32.2. The lowest BCUT2D eigenvalue weighted by Gasteiger charge is -2.30. The smallest absolute Gasteiger partial charge is 0.153 e. The molecule has 1 rings (SSSR count). The Morgan fingerprint density at radius 2 is 1.92 bits per heavy atom. The standard InChI is InChI=1S/C9H17NO2S/c1-3-9(4-2)10-5-7-13(11,12)8-6-10/h3H,4-8H2,1-2H3. The third-order valence-corrected chi connectivity index (χ3v) is 4.06. The van der Waals surface area contributed by atoms with Crippen LogP contribution < -0.4 is 0 Å². The number of nitrogens with zero attached hydrogens (tertiary/aromatic N) is 1. The molecule has 0 atom stereocenters. The zero-order valence-corrected chi connectivity index (χ0v) is 9.10. The van der Waals surface area contributed by atoms with Gasteiger partial charge in [-0.15, -0.1) is 0 Å². The van der Waals surface area contributed by atoms with E-state index in [9.17, 15) is 8.42 Å². The number of allylic oxidation sites excluding steroid dienone is 2. The van der Waals surface area contributed by atoms with Gasteiger partial charge >= 0.3 is 0 Å². The zero-order valence-electron chi connectivity index (χ0n) is 8.28. The van der Waals surface area contributed by atoms with E-state index in [2.05, 4.69) is 17.9 Å². The van der Waals surface area contributed by atoms with E-state index in [1.165, 1.54) is 5.70 Å². The summed E-state index contributed by atoms with van der Waals surface area (Å²) >= 11 is 0. The Hall–Kier alpha value is -0.510. The molecule has 0 aromatic heterocycles. The fourth-order valence-electron chi connectivity index (χ4n) is 1.61. The molecule has 0 aromatic rings. The summed E-state index contributed by atoms with van der Waals surface area (Å²) in [5.41, 5.74) is 1.26. The molecular formula is C9H17NO2S. The van der Waals surface area contributed by atoms with E-state index in [1.807, 2.05) is 6.92 Å². The van der Waals surface area contributed by atoms with Crippen molar-refractivity contribution in [3.05, 3.63) is 11.8 Å². The van der Waals surface area contributed by atoms with Crippen LogP contribution in [0.15, 0.2) is 11.8 Å². The Kier molecular flexibility index (Phi) is 3.36. The summed E-state index contributed by atoms with van der Waals surface area (Å²) in [6, 6.07) is 0. The minimum absolute atomic E-state index is 0.310. The van der Waals surface area contributed by atoms with Gasteiger partial charge in [0.25, 0.3) is 0 Å². The summed E-state index contributed by atoms with van der Waals surface area (Å²) < 4.78 is 22.3. The van der Waals surface area contributed by atoms with Crippen LogP contribution in [0.1, 0.15) is 20.3 Å². The number of hydrogen-bond acceptors (Lipinski definition) is 3. The molecule has 76 valence electrons. The largest absolute Gasteiger partial charge is 0.373 e. The first-order valence-electron chi connectivity index (χ1n) is 4.69. The van der Waals surface area contributed by atoms with E-state index in [0.717, 1.165) is 6.42 Å². The van der Waals surface area contributed by atoms with Crippen LogP contribution in [0, 0.1) is 0 Å². The molecule has 0 aromatic carbocycles. The second-order valence-electron chi connectivity index (χ2n) is 3.27. The molecule has 1 aliphatic rings. The van der Waals surface area contributed by atoms with Gasteiger partial charge in [0.15, 0.2) is 9.84 Å². The molecule has 0 spiro atoms. The summed E-state index contributed by atoms with van der Waals surface area (Å²) in [4.78, 5) is 2.17. The van der Waals surface area contributed by atoms with E-state index in [4.69, 9.17) is 0 Å². The van der Waals surface area contributed by atoms with Gasteiger partial charge in [0.05, 0.1) is 11.5 Å². The van der Waals surface area contributed by atoms with Gasteiger partial charge in [-0.1, -0.05) is 13.0 Å². The molecule has 0 bridgehead atoms. The molecule has 1 fully saturated rings. The van der Waals surface area contributed by atoms with Crippen molar-refractivity contribution in [2.75, 3.05) is 24.6 Å². The van der Waals surface area contributed by atoms with E-state index in [1.54, 1.807) is 0 Å². The van der Waals surface area contributed by atoms with E-state index >= 15 is 0 Å². The lowest BCUT2D eigenvalue weighted by atomic mass is 10.3. The third kappa shape index (κ3) is 2.72. The Balaban J connectivity index is 2.59. The van der Waals surface area contributed by atoms with Crippen LogP contribution >= 0.6 is 0 Å². The molecule has 0 N–H and O–H groups in total. The van der Waals surface area contributed by atoms with Gasteiger partial charge in [0.2, 0.25) is 0 Å². The lowest BCUT2D eigenvalue weighted by Crippen LogP contribution is -2.39. The summed E-state index contributed by atoms with van der Waals surface area (Å²) in [5.74, 6) is 0.620. The van der Waals surface area contributed by atoms with Crippen molar-refractivity contribution in [1.29, 1.82) is 0 Å². The number of sulfone groups is 1. The summed E-state index contributed by atoms with van der Waals surface area (Å²) in [5, 5.41) is 0. The Morgan fingerprint density at radius 3 is 2.31 bits per heavy atom. The first-order chi connectivity index (χ1) is 6.09. The zero-order chi connectivity index (χ0) is 9.90. The summed E-state index contributed by atoms with van der Waals surface area (Å²) in [6.45, 7) is 5.42. The van der Waals surface area contributed by atoms with Crippen molar-refractivity contribution in [2.24, 2.45) is 0 Å². The van der Waals surface area contributed by atoms with Gasteiger partial charge in [0.1, 0.15) is 0 Å². The summed E-state index contributed by atoms with van der Waals surface area (Å²) in [6.07, 6.45) is 3.05. The highest BCUT2D eigenvalue weighted by Crippen LogP contribution is 2.13. The van der Waals surface area contributed by atoms with Crippen molar-refractivity contribution >= 4 is 9.84 Å². The average molecular weight is 203 g/mol. The minimum Gasteiger partial charge on any atom is -0.373 e. The van der Waals surface area contributed by atoms with Crippen LogP contribution in [-0.4, -0.2) is 37.9 Å². The van der Waals surface area contributed by atoms with Crippen molar-refractivity contribution < 1.29 is 8.42 Å². The molecule has 0 amide bonds. The first kappa shape index (κ1) is 10.6. The molecule has 1 aliphatic heterocycles. The quantitative estimate of drug-likeness (QED) is 0.672. The van der Waals surface area contributed by atoms with Crippen LogP contribution in [-0.2, 0) is 9.84 Å². The third-order valence-electron chi connectivity index (χ3n) is 2.45.